The van der Waals surface area contributed by atoms with Gasteiger partial charge in [-0.1, -0.05) is 13.3 Å². The lowest BCUT2D eigenvalue weighted by molar-refractivity contribution is -0.130. The van der Waals surface area contributed by atoms with E-state index in [1.807, 2.05) is 13.8 Å². The molecule has 1 unspecified atom stereocenters. The van der Waals surface area contributed by atoms with Crippen LogP contribution in [0.1, 0.15) is 46.5 Å². The topological polar surface area (TPSA) is 26.3 Å². The number of rotatable bonds is 2. The van der Waals surface area contributed by atoms with E-state index in [4.69, 9.17) is 4.74 Å². The minimum absolute atomic E-state index is 0.162. The van der Waals surface area contributed by atoms with Gasteiger partial charge in [0.2, 0.25) is 0 Å². The Morgan fingerprint density at radius 3 is 2.36 bits per heavy atom. The van der Waals surface area contributed by atoms with Gasteiger partial charge in [-0.15, -0.1) is 0 Å². The highest BCUT2D eigenvalue weighted by atomic mass is 16.5. The molecule has 2 rings (SSSR count). The van der Waals surface area contributed by atoms with Crippen molar-refractivity contribution in [1.29, 1.82) is 0 Å². The third-order valence-corrected chi connectivity index (χ3v) is 3.91. The summed E-state index contributed by atoms with van der Waals surface area (Å²) < 4.78 is 5.53. The molecule has 1 aliphatic carbocycles. The van der Waals surface area contributed by atoms with E-state index in [0.717, 1.165) is 6.42 Å². The number of hydrogen-bond acceptors (Lipinski definition) is 2. The number of ketones is 1. The Bertz CT molecular complexity index is 251. The van der Waals surface area contributed by atoms with Crippen molar-refractivity contribution in [2.24, 2.45) is 11.3 Å². The van der Waals surface area contributed by atoms with Crippen LogP contribution in [0.4, 0.5) is 0 Å². The van der Waals surface area contributed by atoms with Gasteiger partial charge in [0.05, 0.1) is 6.61 Å². The Hall–Kier alpha value is -0.370. The first-order valence-corrected chi connectivity index (χ1v) is 5.61. The number of hydrogen-bond donors (Lipinski definition) is 0. The second-order valence-electron chi connectivity index (χ2n) is 5.75. The highest BCUT2D eigenvalue weighted by Gasteiger charge is 2.45. The highest BCUT2D eigenvalue weighted by molar-refractivity contribution is 5.90. The minimum Gasteiger partial charge on any atom is -0.367 e. The third kappa shape index (κ3) is 1.60. The maximum absolute atomic E-state index is 11.9. The molecule has 0 aromatic rings. The highest BCUT2D eigenvalue weighted by Crippen LogP contribution is 2.47. The van der Waals surface area contributed by atoms with Gasteiger partial charge in [-0.05, 0) is 38.5 Å². The van der Waals surface area contributed by atoms with E-state index in [0.29, 0.717) is 17.8 Å². The van der Waals surface area contributed by atoms with Crippen molar-refractivity contribution >= 4 is 5.78 Å². The number of Topliss-reactive ketones (excluding diaryl/α,β-unsaturated/α-hetero) is 1. The summed E-state index contributed by atoms with van der Waals surface area (Å²) >= 11 is 0. The summed E-state index contributed by atoms with van der Waals surface area (Å²) in [5.74, 6) is 0.473. The van der Waals surface area contributed by atoms with E-state index in [2.05, 4.69) is 6.92 Å². The van der Waals surface area contributed by atoms with Crippen molar-refractivity contribution in [3.05, 3.63) is 0 Å². The largest absolute Gasteiger partial charge is 0.367 e. The Morgan fingerprint density at radius 1 is 1.36 bits per heavy atom. The first-order chi connectivity index (χ1) is 6.43. The van der Waals surface area contributed by atoms with Gasteiger partial charge >= 0.3 is 0 Å². The molecule has 2 aliphatic rings. The fraction of sp³-hybridized carbons (Fsp3) is 0.917. The molecule has 0 bridgehead atoms. The van der Waals surface area contributed by atoms with Gasteiger partial charge in [-0.25, -0.2) is 0 Å². The summed E-state index contributed by atoms with van der Waals surface area (Å²) in [6.45, 7) is 6.72. The predicted octanol–water partition coefficient (Wildman–Crippen LogP) is 2.56. The minimum atomic E-state index is -0.523. The van der Waals surface area contributed by atoms with Crippen molar-refractivity contribution in [3.8, 4) is 0 Å². The van der Waals surface area contributed by atoms with Crippen molar-refractivity contribution in [3.63, 3.8) is 0 Å². The van der Waals surface area contributed by atoms with E-state index in [1.165, 1.54) is 19.3 Å². The molecule has 2 nitrogen and oxygen atoms in total. The zero-order valence-corrected chi connectivity index (χ0v) is 9.43. The van der Waals surface area contributed by atoms with Crippen LogP contribution >= 0.6 is 0 Å². The van der Waals surface area contributed by atoms with Crippen LogP contribution in [-0.4, -0.2) is 18.0 Å². The van der Waals surface area contributed by atoms with Gasteiger partial charge in [-0.3, -0.25) is 4.79 Å². The Balaban J connectivity index is 1.97. The maximum atomic E-state index is 11.9. The normalized spacial score (nSPS) is 34.2. The number of ether oxygens (including phenoxy) is 1. The van der Waals surface area contributed by atoms with Crippen molar-refractivity contribution in [2.45, 2.75) is 52.1 Å². The average molecular weight is 196 g/mol. The average Bonchev–Trinajstić information content (AvgIpc) is 2.29. The molecule has 1 saturated heterocycles. The molecule has 2 fully saturated rings. The molecule has 0 amide bonds. The van der Waals surface area contributed by atoms with E-state index in [-0.39, 0.29) is 5.92 Å². The molecule has 1 aliphatic heterocycles. The van der Waals surface area contributed by atoms with E-state index < -0.39 is 5.60 Å². The molecule has 80 valence electrons. The standard InChI is InChI=1S/C12H20O2/c1-11(2)10(13)9(8-14-11)7-12(3)5-4-6-12/h9H,4-8H2,1-3H3. The van der Waals surface area contributed by atoms with Crippen LogP contribution < -0.4 is 0 Å². The van der Waals surface area contributed by atoms with E-state index in [9.17, 15) is 4.79 Å². The van der Waals surface area contributed by atoms with Crippen LogP contribution in [0.25, 0.3) is 0 Å². The Kier molecular flexibility index (Phi) is 2.22. The number of carbonyl (C=O) groups is 1. The fourth-order valence-corrected chi connectivity index (χ4v) is 2.68. The van der Waals surface area contributed by atoms with Crippen LogP contribution in [0, 0.1) is 11.3 Å². The van der Waals surface area contributed by atoms with Gasteiger partial charge in [0, 0.05) is 5.92 Å². The van der Waals surface area contributed by atoms with Gasteiger partial charge in [0.25, 0.3) is 0 Å². The lowest BCUT2D eigenvalue weighted by Gasteiger charge is -2.39. The lowest BCUT2D eigenvalue weighted by Crippen LogP contribution is -2.34. The van der Waals surface area contributed by atoms with Gasteiger partial charge in [0.1, 0.15) is 5.60 Å². The fourth-order valence-electron chi connectivity index (χ4n) is 2.68. The summed E-state index contributed by atoms with van der Waals surface area (Å²) in [5, 5.41) is 0. The van der Waals surface area contributed by atoms with Crippen LogP contribution in [-0.2, 0) is 9.53 Å². The van der Waals surface area contributed by atoms with Gasteiger partial charge < -0.3 is 4.74 Å². The molecule has 1 atom stereocenters. The molecule has 2 heteroatoms. The molecule has 0 N–H and O–H groups in total. The van der Waals surface area contributed by atoms with Gasteiger partial charge in [-0.2, -0.15) is 0 Å². The molecular weight excluding hydrogens is 176 g/mol. The summed E-state index contributed by atoms with van der Waals surface area (Å²) in [6, 6.07) is 0. The molecule has 1 saturated carbocycles. The van der Waals surface area contributed by atoms with Crippen LogP contribution in [0.5, 0.6) is 0 Å². The van der Waals surface area contributed by atoms with Crippen molar-refractivity contribution in [1.82, 2.24) is 0 Å². The first kappa shape index (κ1) is 10.2. The zero-order chi connectivity index (χ0) is 10.4. The third-order valence-electron chi connectivity index (χ3n) is 3.91. The van der Waals surface area contributed by atoms with Gasteiger partial charge in [0.15, 0.2) is 5.78 Å². The summed E-state index contributed by atoms with van der Waals surface area (Å²) in [5.41, 5.74) is -0.0884. The molecule has 0 aromatic carbocycles. The summed E-state index contributed by atoms with van der Waals surface area (Å²) in [4.78, 5) is 11.9. The predicted molar refractivity (Wildman–Crippen MR) is 55.1 cm³/mol. The Morgan fingerprint density at radius 2 is 2.00 bits per heavy atom. The van der Waals surface area contributed by atoms with Crippen molar-refractivity contribution in [2.75, 3.05) is 6.61 Å². The summed E-state index contributed by atoms with van der Waals surface area (Å²) in [7, 11) is 0. The SMILES string of the molecule is CC1(CC2COC(C)(C)C2=O)CCC1. The molecule has 1 heterocycles. The van der Waals surface area contributed by atoms with E-state index in [1.54, 1.807) is 0 Å². The van der Waals surface area contributed by atoms with Crippen LogP contribution in [0.3, 0.4) is 0 Å². The lowest BCUT2D eigenvalue weighted by atomic mass is 9.65. The monoisotopic (exact) mass is 196 g/mol. The number of carbonyl (C=O) groups excluding carboxylic acids is 1. The van der Waals surface area contributed by atoms with Crippen molar-refractivity contribution < 1.29 is 9.53 Å². The molecule has 0 radical (unpaired) electrons. The maximum Gasteiger partial charge on any atom is 0.169 e. The molecule has 0 spiro atoms. The Labute approximate surface area is 86.0 Å². The quantitative estimate of drug-likeness (QED) is 0.678. The zero-order valence-electron chi connectivity index (χ0n) is 9.43. The second-order valence-corrected chi connectivity index (χ2v) is 5.75. The molecular formula is C12H20O2. The smallest absolute Gasteiger partial charge is 0.169 e. The van der Waals surface area contributed by atoms with Crippen LogP contribution in [0.2, 0.25) is 0 Å². The second kappa shape index (κ2) is 3.06. The van der Waals surface area contributed by atoms with E-state index >= 15 is 0 Å². The molecule has 0 aromatic heterocycles. The molecule has 14 heavy (non-hydrogen) atoms. The van der Waals surface area contributed by atoms with Crippen LogP contribution in [0.15, 0.2) is 0 Å². The first-order valence-electron chi connectivity index (χ1n) is 5.61. The summed E-state index contributed by atoms with van der Waals surface area (Å²) in [6.07, 6.45) is 4.95.